The predicted octanol–water partition coefficient (Wildman–Crippen LogP) is 9.46. The van der Waals surface area contributed by atoms with Crippen molar-refractivity contribution in [3.63, 3.8) is 0 Å². The van der Waals surface area contributed by atoms with Crippen LogP contribution in [0.25, 0.3) is 89.0 Å². The van der Waals surface area contributed by atoms with E-state index in [1.807, 2.05) is 64.1 Å². The van der Waals surface area contributed by atoms with Crippen LogP contribution in [0.15, 0.2) is 112 Å². The van der Waals surface area contributed by atoms with E-state index in [4.69, 9.17) is 44.8 Å². The fraction of sp³-hybridized carbons (Fsp3) is 0.347. The Labute approximate surface area is 622 Å². The van der Waals surface area contributed by atoms with Gasteiger partial charge in [0.25, 0.3) is 34.4 Å². The van der Waals surface area contributed by atoms with Gasteiger partial charge in [-0.3, -0.25) is 63.4 Å². The molecule has 14 rings (SSSR count). The topological polar surface area (TPSA) is 412 Å². The molecule has 2 aliphatic heterocycles. The number of thiophene rings is 1. The molecule has 2 aliphatic rings. The highest BCUT2D eigenvalue weighted by atomic mass is 32.1. The largest absolute Gasteiger partial charge is 0.493 e. The number of amides is 3. The van der Waals surface area contributed by atoms with Crippen LogP contribution in [-0.2, 0) is 40.4 Å². The van der Waals surface area contributed by atoms with Crippen LogP contribution in [0.2, 0.25) is 0 Å². The van der Waals surface area contributed by atoms with Gasteiger partial charge in [0.1, 0.15) is 51.3 Å². The van der Waals surface area contributed by atoms with Crippen molar-refractivity contribution >= 4 is 73.8 Å². The summed E-state index contributed by atoms with van der Waals surface area (Å²) in [5.41, 5.74) is 15.3. The van der Waals surface area contributed by atoms with Crippen LogP contribution in [0, 0.1) is 5.41 Å². The third kappa shape index (κ3) is 15.8. The number of ether oxygens (including phenoxy) is 3. The van der Waals surface area contributed by atoms with Crippen LogP contribution < -0.4 is 57.1 Å². The zero-order chi connectivity index (χ0) is 76.5. The van der Waals surface area contributed by atoms with Crippen molar-refractivity contribution in [2.24, 2.45) is 26.6 Å². The number of rotatable bonds is 22. The van der Waals surface area contributed by atoms with Crippen LogP contribution >= 0.6 is 11.3 Å². The van der Waals surface area contributed by atoms with Crippen molar-refractivity contribution in [1.82, 2.24) is 90.6 Å². The van der Waals surface area contributed by atoms with Gasteiger partial charge in [-0.05, 0) is 144 Å². The molecule has 9 aromatic heterocycles. The number of aromatic nitrogens is 15. The zero-order valence-corrected chi connectivity index (χ0v) is 62.1. The molecule has 12 aromatic rings. The molecule has 33 heteroatoms. The number of hydrogen-bond acceptors (Lipinski definition) is 24. The van der Waals surface area contributed by atoms with Gasteiger partial charge in [0.2, 0.25) is 5.95 Å². The highest BCUT2D eigenvalue weighted by Crippen LogP contribution is 2.44. The molecule has 0 radical (unpaired) electrons. The van der Waals surface area contributed by atoms with Crippen molar-refractivity contribution in [1.29, 1.82) is 0 Å². The molecule has 0 bridgehead atoms. The van der Waals surface area contributed by atoms with Crippen LogP contribution in [0.5, 0.6) is 17.2 Å². The maximum Gasteiger partial charge on any atom is 0.284 e. The first-order chi connectivity index (χ1) is 52.3. The maximum atomic E-state index is 13.2. The number of H-pyrrole nitrogens is 3. The summed E-state index contributed by atoms with van der Waals surface area (Å²) >= 11 is 1.24. The molecule has 0 saturated carbocycles. The number of benzene rings is 3. The van der Waals surface area contributed by atoms with Gasteiger partial charge in [-0.25, -0.2) is 41.4 Å². The van der Waals surface area contributed by atoms with E-state index in [0.29, 0.717) is 122 Å². The lowest BCUT2D eigenvalue weighted by Gasteiger charge is -2.40. The first-order valence-corrected chi connectivity index (χ1v) is 36.5. The molecule has 32 nitrogen and oxygen atoms in total. The van der Waals surface area contributed by atoms with Gasteiger partial charge in [-0.1, -0.05) is 40.0 Å². The van der Waals surface area contributed by atoms with E-state index in [2.05, 4.69) is 81.0 Å². The van der Waals surface area contributed by atoms with E-state index in [-0.39, 0.29) is 33.2 Å². The van der Waals surface area contributed by atoms with E-state index in [0.717, 1.165) is 122 Å². The molecule has 2 saturated heterocycles. The van der Waals surface area contributed by atoms with Crippen molar-refractivity contribution in [2.75, 3.05) is 55.8 Å². The molecule has 3 aromatic carbocycles. The average Bonchev–Trinajstić information content (AvgIpc) is 1.62. The summed E-state index contributed by atoms with van der Waals surface area (Å²) in [6.07, 6.45) is 12.2. The molecule has 1 spiro atoms. The number of nitrogens with one attached hydrogen (secondary N) is 6. The smallest absolute Gasteiger partial charge is 0.284 e. The van der Waals surface area contributed by atoms with Crippen LogP contribution in [-0.4, -0.2) is 154 Å². The number of pyridine rings is 1. The lowest BCUT2D eigenvalue weighted by molar-refractivity contribution is 0.0701. The second-order valence-electron chi connectivity index (χ2n) is 26.1. The highest BCUT2D eigenvalue weighted by molar-refractivity contribution is 7.17. The molecule has 1 atom stereocenters. The summed E-state index contributed by atoms with van der Waals surface area (Å²) in [7, 11) is 5.24. The fourth-order valence-corrected chi connectivity index (χ4v) is 14.7. The van der Waals surface area contributed by atoms with E-state index < -0.39 is 17.7 Å². The van der Waals surface area contributed by atoms with Crippen molar-refractivity contribution < 1.29 is 44.2 Å². The van der Waals surface area contributed by atoms with Gasteiger partial charge in [-0.15, -0.1) is 11.3 Å². The molecule has 9 N–H and O–H groups in total. The fourth-order valence-electron chi connectivity index (χ4n) is 13.8. The average molecular weight is 1490 g/mol. The van der Waals surface area contributed by atoms with Gasteiger partial charge in [0, 0.05) is 87.5 Å². The van der Waals surface area contributed by atoms with Crippen LogP contribution in [0.1, 0.15) is 128 Å². The first-order valence-electron chi connectivity index (χ1n) is 35.7. The molecule has 0 aliphatic carbocycles. The number of carbonyl (C=O) groups excluding carboxylic acids is 3. The second-order valence-corrected chi connectivity index (χ2v) is 27.2. The van der Waals surface area contributed by atoms with E-state index >= 15 is 0 Å². The van der Waals surface area contributed by atoms with Crippen molar-refractivity contribution in [3.8, 4) is 73.1 Å². The van der Waals surface area contributed by atoms with E-state index in [9.17, 15) is 28.8 Å². The lowest BCUT2D eigenvalue weighted by atomic mass is 9.79. The van der Waals surface area contributed by atoms with Gasteiger partial charge < -0.3 is 39.0 Å². The minimum absolute atomic E-state index is 0.0672. The summed E-state index contributed by atoms with van der Waals surface area (Å²) in [5, 5.41) is 40.0. The Bertz CT molecular complexity index is 5490. The molecular weight excluding hydrogens is 1410 g/mol. The highest BCUT2D eigenvalue weighted by Gasteiger charge is 2.42. The first kappa shape index (κ1) is 75.6. The minimum atomic E-state index is -0.643. The van der Waals surface area contributed by atoms with Crippen molar-refractivity contribution in [2.45, 2.75) is 99.3 Å². The Balaban J connectivity index is 0.000000154. The quantitative estimate of drug-likeness (QED) is 0.0225. The monoisotopic (exact) mass is 1490 g/mol. The Morgan fingerprint density at radius 1 is 0.509 bits per heavy atom. The van der Waals surface area contributed by atoms with Crippen LogP contribution in [0.4, 0.5) is 11.6 Å². The summed E-state index contributed by atoms with van der Waals surface area (Å²) < 4.78 is 22.3. The molecule has 1 unspecified atom stereocenters. The maximum absolute atomic E-state index is 13.2. The third-order valence-corrected chi connectivity index (χ3v) is 19.9. The number of aromatic amines is 3. The van der Waals surface area contributed by atoms with E-state index in [1.54, 1.807) is 82.0 Å². The number of carbonyl (C=O) groups is 3. The SMILES string of the molecule is CCCc1nn(C)c2c(=O)[nH]c(-c3cc(-c4ccc(C(=O)NO)cn4)ccc3OCC)nc12.CCCc1nn(C)c2c(=O)[nH]c(-c3cc(-c4ccc(C(=O)NO)s4)ccc3OCC)nc12.CCCc1nn(C)c2c(=O)[nH]c(-c3cc(N4CCC5(CCCN(c6ncc(C(=O)NO)cn6)C5)C4)ccc3OCC)nc12. The van der Waals surface area contributed by atoms with E-state index in [1.165, 1.54) is 29.9 Å². The molecule has 3 amide bonds. The Morgan fingerprint density at radius 2 is 0.963 bits per heavy atom. The van der Waals surface area contributed by atoms with Crippen molar-refractivity contribution in [3.05, 3.63) is 162 Å². The Morgan fingerprint density at radius 3 is 1.44 bits per heavy atom. The summed E-state index contributed by atoms with van der Waals surface area (Å²) in [6.45, 7) is 16.7. The number of piperidine rings is 1. The minimum Gasteiger partial charge on any atom is -0.493 e. The zero-order valence-electron chi connectivity index (χ0n) is 61.2. The van der Waals surface area contributed by atoms with Gasteiger partial charge in [0.05, 0.1) is 75.3 Å². The molecule has 108 heavy (non-hydrogen) atoms. The lowest BCUT2D eigenvalue weighted by Crippen LogP contribution is -2.45. The molecule has 11 heterocycles. The number of hydroxylamine groups is 3. The summed E-state index contributed by atoms with van der Waals surface area (Å²) in [6, 6.07) is 23.8. The third-order valence-electron chi connectivity index (χ3n) is 18.7. The van der Waals surface area contributed by atoms with Crippen LogP contribution in [0.3, 0.4) is 0 Å². The van der Waals surface area contributed by atoms with Gasteiger partial charge >= 0.3 is 0 Å². The number of hydrogen-bond donors (Lipinski definition) is 9. The second kappa shape index (κ2) is 33.2. The summed E-state index contributed by atoms with van der Waals surface area (Å²) in [4.78, 5) is 116. The number of aryl methyl sites for hydroxylation is 6. The number of nitrogens with zero attached hydrogens (tertiary/aromatic N) is 14. The standard InChI is InChI=1S/C30H37N9O4.C23H24N6O4.C22H23N5O4S/c1-4-7-22-24-25(37(3)35-22)28(41)34-26(33-24)21-14-20(8-9-23(21)43-5-2)38-13-11-30(17-38)10-6-12-39(18-30)29-31-15-19(16-32-29)27(40)36-42;1-4-6-17-19-20(29(3)27-17)23(31)26-21(25-19)15-11-13(8-10-18(15)33-5-2)16-9-7-14(12-24-16)22(30)28-32;1-4-6-14-18-19(27(3)25-14)22(29)24-20(23-18)13-11-12(7-8-15(13)31-5-2)16-9-10-17(32-16)21(28)26-30/h8-9,14-16,42H,4-7,10-13,17-18H2,1-3H3,(H,36,40)(H,33,34,41);7-12,32H,4-6H2,1-3H3,(H,28,30)(H,25,26,31);7-11,30H,4-6H2,1-3H3,(H,26,28)(H,23,24,29). The van der Waals surface area contributed by atoms with Gasteiger partial charge in [0.15, 0.2) is 16.6 Å². The summed E-state index contributed by atoms with van der Waals surface area (Å²) in [5.74, 6) is 1.81. The van der Waals surface area contributed by atoms with Gasteiger partial charge in [-0.2, -0.15) is 15.3 Å². The Hall–Kier alpha value is -12.1. The molecule has 2 fully saturated rings. The number of fused-ring (bicyclic) bond motifs is 3. The molecule has 562 valence electrons. The normalized spacial score (nSPS) is 14.0. The number of anilines is 2. The predicted molar refractivity (Wildman–Crippen MR) is 406 cm³/mol. The Kier molecular flexibility index (Phi) is 23.2. The molecular formula is C75H84N20O12S.